The summed E-state index contributed by atoms with van der Waals surface area (Å²) in [6.45, 7) is 11.0. The summed E-state index contributed by atoms with van der Waals surface area (Å²) >= 11 is 0. The lowest BCUT2D eigenvalue weighted by Crippen LogP contribution is -2.53. The highest BCUT2D eigenvalue weighted by Crippen LogP contribution is 2.24. The number of rotatable bonds is 4. The molecule has 7 nitrogen and oxygen atoms in total. The number of anilines is 1. The molecule has 2 aromatic rings. The molecule has 0 radical (unpaired) electrons. The quantitative estimate of drug-likeness (QED) is 0.821. The van der Waals surface area contributed by atoms with E-state index in [1.165, 1.54) is 0 Å². The first kappa shape index (κ1) is 18.2. The van der Waals surface area contributed by atoms with Crippen molar-refractivity contribution in [3.8, 4) is 0 Å². The van der Waals surface area contributed by atoms with Gasteiger partial charge in [0.1, 0.15) is 0 Å². The molecule has 2 fully saturated rings. The van der Waals surface area contributed by atoms with Gasteiger partial charge in [0.15, 0.2) is 5.65 Å². The number of hydrogen-bond donors (Lipinski definition) is 0. The van der Waals surface area contributed by atoms with Crippen molar-refractivity contribution >= 4 is 17.5 Å². The summed E-state index contributed by atoms with van der Waals surface area (Å²) in [5.74, 6) is 1.91. The van der Waals surface area contributed by atoms with Crippen LogP contribution in [0.5, 0.6) is 0 Å². The zero-order valence-electron chi connectivity index (χ0n) is 16.4. The van der Waals surface area contributed by atoms with E-state index in [2.05, 4.69) is 38.7 Å². The van der Waals surface area contributed by atoms with Gasteiger partial charge in [-0.25, -0.2) is 0 Å². The zero-order chi connectivity index (χ0) is 18.8. The fraction of sp³-hybridized carbons (Fsp3) is 0.650. The zero-order valence-corrected chi connectivity index (χ0v) is 16.4. The van der Waals surface area contributed by atoms with Gasteiger partial charge in [0.25, 0.3) is 0 Å². The second kappa shape index (κ2) is 7.84. The van der Waals surface area contributed by atoms with E-state index in [-0.39, 0.29) is 5.92 Å². The fourth-order valence-corrected chi connectivity index (χ4v) is 4.33. The van der Waals surface area contributed by atoms with Gasteiger partial charge in [0.2, 0.25) is 11.9 Å². The summed E-state index contributed by atoms with van der Waals surface area (Å²) in [5.41, 5.74) is 0.849. The van der Waals surface area contributed by atoms with Gasteiger partial charge in [0, 0.05) is 52.0 Å². The van der Waals surface area contributed by atoms with Gasteiger partial charge < -0.3 is 9.80 Å². The van der Waals surface area contributed by atoms with Crippen molar-refractivity contribution in [3.05, 3.63) is 24.4 Å². The summed E-state index contributed by atoms with van der Waals surface area (Å²) in [4.78, 5) is 19.9. The van der Waals surface area contributed by atoms with Crippen LogP contribution in [0.2, 0.25) is 0 Å². The van der Waals surface area contributed by atoms with Gasteiger partial charge in [-0.05, 0) is 30.9 Å². The number of carbonyl (C=O) groups is 1. The third-order valence-corrected chi connectivity index (χ3v) is 5.66. The van der Waals surface area contributed by atoms with E-state index in [1.807, 2.05) is 28.8 Å². The Labute approximate surface area is 160 Å². The summed E-state index contributed by atoms with van der Waals surface area (Å²) in [6.07, 6.45) is 3.98. The van der Waals surface area contributed by atoms with Gasteiger partial charge in [-0.2, -0.15) is 0 Å². The van der Waals surface area contributed by atoms with Crippen LogP contribution in [0.25, 0.3) is 5.65 Å². The average Bonchev–Trinajstić information content (AvgIpc) is 3.12. The van der Waals surface area contributed by atoms with E-state index >= 15 is 0 Å². The molecule has 7 heteroatoms. The first-order chi connectivity index (χ1) is 13.1. The first-order valence-corrected chi connectivity index (χ1v) is 10.2. The van der Waals surface area contributed by atoms with Crippen LogP contribution in [0.4, 0.5) is 5.95 Å². The van der Waals surface area contributed by atoms with Crippen LogP contribution in [0.3, 0.4) is 0 Å². The van der Waals surface area contributed by atoms with Crippen molar-refractivity contribution in [1.82, 2.24) is 24.4 Å². The molecule has 4 heterocycles. The lowest BCUT2D eigenvalue weighted by molar-refractivity contribution is -0.137. The minimum absolute atomic E-state index is 0.0615. The normalized spacial score (nSPS) is 22.0. The van der Waals surface area contributed by atoms with Gasteiger partial charge in [0.05, 0.1) is 5.92 Å². The van der Waals surface area contributed by atoms with E-state index in [1.54, 1.807) is 0 Å². The molecule has 4 rings (SSSR count). The number of fused-ring (bicyclic) bond motifs is 1. The molecule has 2 aliphatic heterocycles. The third-order valence-electron chi connectivity index (χ3n) is 5.66. The SMILES string of the molecule is CC(C)CN1CCN(C(=O)C2CCCN(c3nnc4ccccn34)C2)CC1. The molecule has 0 aliphatic carbocycles. The Hall–Kier alpha value is -2.15. The maximum Gasteiger partial charge on any atom is 0.231 e. The van der Waals surface area contributed by atoms with Crippen molar-refractivity contribution in [1.29, 1.82) is 0 Å². The molecule has 0 aromatic carbocycles. The number of hydrogen-bond acceptors (Lipinski definition) is 5. The lowest BCUT2D eigenvalue weighted by Gasteiger charge is -2.39. The van der Waals surface area contributed by atoms with E-state index in [0.29, 0.717) is 11.8 Å². The molecule has 2 aliphatic rings. The molecule has 27 heavy (non-hydrogen) atoms. The molecule has 2 aromatic heterocycles. The minimum Gasteiger partial charge on any atom is -0.340 e. The molecule has 2 saturated heterocycles. The third kappa shape index (κ3) is 3.93. The number of carbonyl (C=O) groups excluding carboxylic acids is 1. The number of piperidine rings is 1. The van der Waals surface area contributed by atoms with Crippen LogP contribution in [0.1, 0.15) is 26.7 Å². The van der Waals surface area contributed by atoms with Crippen LogP contribution in [-0.2, 0) is 4.79 Å². The van der Waals surface area contributed by atoms with E-state index in [4.69, 9.17) is 0 Å². The highest BCUT2D eigenvalue weighted by atomic mass is 16.2. The Morgan fingerprint density at radius 1 is 1.15 bits per heavy atom. The molecule has 0 bridgehead atoms. The summed E-state index contributed by atoms with van der Waals surface area (Å²) in [6, 6.07) is 5.91. The van der Waals surface area contributed by atoms with Crippen LogP contribution >= 0.6 is 0 Å². The van der Waals surface area contributed by atoms with Crippen LogP contribution in [0, 0.1) is 11.8 Å². The average molecular weight is 371 g/mol. The predicted molar refractivity (Wildman–Crippen MR) is 106 cm³/mol. The van der Waals surface area contributed by atoms with Crippen molar-refractivity contribution in [2.24, 2.45) is 11.8 Å². The molecular formula is C20H30N6O. The Morgan fingerprint density at radius 2 is 1.96 bits per heavy atom. The van der Waals surface area contributed by atoms with Gasteiger partial charge >= 0.3 is 0 Å². The lowest BCUT2D eigenvalue weighted by atomic mass is 9.96. The number of piperazine rings is 1. The summed E-state index contributed by atoms with van der Waals surface area (Å²) in [7, 11) is 0. The second-order valence-electron chi connectivity index (χ2n) is 8.23. The smallest absolute Gasteiger partial charge is 0.231 e. The monoisotopic (exact) mass is 370 g/mol. The van der Waals surface area contributed by atoms with Gasteiger partial charge in [-0.1, -0.05) is 19.9 Å². The standard InChI is InChI=1S/C20H30N6O/c1-16(2)14-23-10-12-24(13-11-23)19(27)17-6-5-8-25(15-17)20-22-21-18-7-3-4-9-26(18)20/h3-4,7,9,16-17H,5-6,8,10-15H2,1-2H3. The molecule has 0 N–H and O–H groups in total. The molecule has 1 atom stereocenters. The topological polar surface area (TPSA) is 57.0 Å². The Kier molecular flexibility index (Phi) is 5.29. The maximum atomic E-state index is 13.1. The highest BCUT2D eigenvalue weighted by Gasteiger charge is 2.32. The predicted octanol–water partition coefficient (Wildman–Crippen LogP) is 1.75. The number of nitrogens with zero attached hydrogens (tertiary/aromatic N) is 6. The van der Waals surface area contributed by atoms with Crippen molar-refractivity contribution in [3.63, 3.8) is 0 Å². The van der Waals surface area contributed by atoms with Crippen molar-refractivity contribution in [2.75, 3.05) is 50.7 Å². The van der Waals surface area contributed by atoms with Gasteiger partial charge in [-0.15, -0.1) is 10.2 Å². The van der Waals surface area contributed by atoms with Crippen molar-refractivity contribution in [2.45, 2.75) is 26.7 Å². The van der Waals surface area contributed by atoms with Crippen LogP contribution in [0.15, 0.2) is 24.4 Å². The summed E-state index contributed by atoms with van der Waals surface area (Å²) in [5, 5.41) is 8.63. The molecular weight excluding hydrogens is 340 g/mol. The molecule has 146 valence electrons. The molecule has 0 saturated carbocycles. The molecule has 1 unspecified atom stereocenters. The number of aromatic nitrogens is 3. The Bertz CT molecular complexity index is 780. The van der Waals surface area contributed by atoms with Crippen LogP contribution < -0.4 is 4.90 Å². The second-order valence-corrected chi connectivity index (χ2v) is 8.23. The highest BCUT2D eigenvalue weighted by molar-refractivity contribution is 5.80. The molecule has 0 spiro atoms. The van der Waals surface area contributed by atoms with Crippen molar-refractivity contribution < 1.29 is 4.79 Å². The fourth-order valence-electron chi connectivity index (χ4n) is 4.33. The van der Waals surface area contributed by atoms with E-state index in [9.17, 15) is 4.79 Å². The Morgan fingerprint density at radius 3 is 2.74 bits per heavy atom. The first-order valence-electron chi connectivity index (χ1n) is 10.2. The summed E-state index contributed by atoms with van der Waals surface area (Å²) < 4.78 is 2.01. The van der Waals surface area contributed by atoms with E-state index in [0.717, 1.165) is 70.3 Å². The van der Waals surface area contributed by atoms with Crippen LogP contribution in [-0.4, -0.2) is 76.1 Å². The van der Waals surface area contributed by atoms with E-state index < -0.39 is 0 Å². The number of pyridine rings is 1. The molecule has 1 amide bonds. The Balaban J connectivity index is 1.39. The largest absolute Gasteiger partial charge is 0.340 e. The van der Waals surface area contributed by atoms with Gasteiger partial charge in [-0.3, -0.25) is 14.1 Å². The maximum absolute atomic E-state index is 13.1. The number of amides is 1. The minimum atomic E-state index is 0.0615.